The zero-order valence-electron chi connectivity index (χ0n) is 15.5. The summed E-state index contributed by atoms with van der Waals surface area (Å²) in [5.41, 5.74) is 0.270. The van der Waals surface area contributed by atoms with Gasteiger partial charge in [0, 0.05) is 0 Å². The predicted octanol–water partition coefficient (Wildman–Crippen LogP) is 3.02. The summed E-state index contributed by atoms with van der Waals surface area (Å²) in [6, 6.07) is 0. The van der Waals surface area contributed by atoms with Crippen LogP contribution in [0.1, 0.15) is 60.3 Å². The number of aliphatic hydroxyl groups is 1. The number of carbonyl (C=O) groups excluding carboxylic acids is 1. The lowest BCUT2D eigenvalue weighted by molar-refractivity contribution is -0.118. The molecular weight excluding hydrogens is 304 g/mol. The number of hydrogen-bond donors (Lipinski definition) is 1. The lowest BCUT2D eigenvalue weighted by Crippen LogP contribution is -2.46. The number of ketones is 1. The minimum atomic E-state index is -0.568. The SMILES string of the molecule is CC1C2=CC(O)C(C)C1(C)CCC1(C)OC1CCC1(C)OC1C2=O. The van der Waals surface area contributed by atoms with Crippen LogP contribution in [0.4, 0.5) is 0 Å². The maximum Gasteiger partial charge on any atom is 0.190 e. The summed E-state index contributed by atoms with van der Waals surface area (Å²) in [6.45, 7) is 10.7. The first-order chi connectivity index (χ1) is 11.1. The molecule has 2 aliphatic carbocycles. The highest BCUT2D eigenvalue weighted by Crippen LogP contribution is 2.55. The van der Waals surface area contributed by atoms with E-state index in [2.05, 4.69) is 27.7 Å². The largest absolute Gasteiger partial charge is 0.389 e. The van der Waals surface area contributed by atoms with Gasteiger partial charge in [0.1, 0.15) is 11.7 Å². The van der Waals surface area contributed by atoms with Crippen LogP contribution >= 0.6 is 0 Å². The van der Waals surface area contributed by atoms with Crippen LogP contribution in [0.25, 0.3) is 0 Å². The summed E-state index contributed by atoms with van der Waals surface area (Å²) in [5.74, 6) is 0.332. The lowest BCUT2D eigenvalue weighted by atomic mass is 9.58. The first kappa shape index (κ1) is 16.7. The highest BCUT2D eigenvalue weighted by Gasteiger charge is 2.62. The third-order valence-electron chi connectivity index (χ3n) is 7.86. The Hall–Kier alpha value is -0.710. The van der Waals surface area contributed by atoms with Gasteiger partial charge in [0.2, 0.25) is 0 Å². The van der Waals surface area contributed by atoms with Crippen molar-refractivity contribution in [2.45, 2.75) is 89.8 Å². The maximum atomic E-state index is 13.0. The molecule has 8 atom stereocenters. The Balaban J connectivity index is 1.72. The minimum absolute atomic E-state index is 0.0430. The van der Waals surface area contributed by atoms with E-state index in [4.69, 9.17) is 9.47 Å². The van der Waals surface area contributed by atoms with Crippen LogP contribution in [0.15, 0.2) is 11.6 Å². The number of Topliss-reactive ketones (excluding diaryl/α,β-unsaturated/α-hetero) is 1. The number of carbonyl (C=O) groups is 1. The maximum absolute atomic E-state index is 13.0. The topological polar surface area (TPSA) is 62.4 Å². The zero-order chi connectivity index (χ0) is 17.5. The fraction of sp³-hybridized carbons (Fsp3) is 0.850. The Kier molecular flexibility index (Phi) is 3.44. The van der Waals surface area contributed by atoms with Crippen molar-refractivity contribution >= 4 is 5.78 Å². The highest BCUT2D eigenvalue weighted by atomic mass is 16.6. The molecule has 0 aromatic heterocycles. The molecule has 0 aromatic carbocycles. The molecule has 1 N–H and O–H groups in total. The molecule has 8 unspecified atom stereocenters. The molecule has 1 saturated carbocycles. The summed E-state index contributed by atoms with van der Waals surface area (Å²) in [5, 5.41) is 10.6. The van der Waals surface area contributed by atoms with Crippen LogP contribution in [0.3, 0.4) is 0 Å². The molecule has 4 nitrogen and oxygen atoms in total. The second-order valence-electron chi connectivity index (χ2n) is 9.26. The Morgan fingerprint density at radius 1 is 1.08 bits per heavy atom. The van der Waals surface area contributed by atoms with Gasteiger partial charge in [-0.25, -0.2) is 0 Å². The normalized spacial score (nSPS) is 57.0. The van der Waals surface area contributed by atoms with Crippen LogP contribution in [0.2, 0.25) is 0 Å². The number of aliphatic hydroxyl groups excluding tert-OH is 1. The van der Waals surface area contributed by atoms with Crippen molar-refractivity contribution in [3.05, 3.63) is 11.6 Å². The number of hydrogen-bond acceptors (Lipinski definition) is 4. The molecule has 0 spiro atoms. The summed E-state index contributed by atoms with van der Waals surface area (Å²) in [4.78, 5) is 13.0. The van der Waals surface area contributed by atoms with E-state index in [-0.39, 0.29) is 46.4 Å². The first-order valence-corrected chi connectivity index (χ1v) is 9.40. The number of fused-ring (bicyclic) bond motifs is 4. The van der Waals surface area contributed by atoms with Gasteiger partial charge < -0.3 is 14.6 Å². The molecule has 4 rings (SSSR count). The number of epoxide rings is 2. The third-order valence-corrected chi connectivity index (χ3v) is 7.86. The van der Waals surface area contributed by atoms with Crippen molar-refractivity contribution in [2.24, 2.45) is 17.3 Å². The summed E-state index contributed by atoms with van der Waals surface area (Å²) in [6.07, 6.45) is 4.94. The van der Waals surface area contributed by atoms with Gasteiger partial charge >= 0.3 is 0 Å². The highest BCUT2D eigenvalue weighted by molar-refractivity contribution is 6.02. The van der Waals surface area contributed by atoms with Crippen molar-refractivity contribution in [1.29, 1.82) is 0 Å². The van der Waals surface area contributed by atoms with Crippen molar-refractivity contribution in [3.63, 3.8) is 0 Å². The van der Waals surface area contributed by atoms with Crippen LogP contribution < -0.4 is 0 Å². The van der Waals surface area contributed by atoms with E-state index >= 15 is 0 Å². The van der Waals surface area contributed by atoms with E-state index in [1.807, 2.05) is 6.92 Å². The fourth-order valence-electron chi connectivity index (χ4n) is 5.07. The van der Waals surface area contributed by atoms with Crippen molar-refractivity contribution in [1.82, 2.24) is 0 Å². The van der Waals surface area contributed by atoms with Crippen LogP contribution in [-0.2, 0) is 14.3 Å². The molecule has 2 heterocycles. The van der Waals surface area contributed by atoms with Crippen LogP contribution in [0, 0.1) is 17.3 Å². The van der Waals surface area contributed by atoms with E-state index in [0.717, 1.165) is 31.3 Å². The van der Waals surface area contributed by atoms with Gasteiger partial charge in [0.05, 0.1) is 17.8 Å². The Morgan fingerprint density at radius 3 is 2.50 bits per heavy atom. The molecular formula is C20H30O4. The molecule has 4 heteroatoms. The standard InChI is InChI=1S/C20H30O4/c1-11-13-10-14(21)12(2)18(11,3)8-9-19(4)15(23-19)6-7-20(5)17(24-20)16(13)22/h10-12,14-15,17,21H,6-9H2,1-5H3. The Morgan fingerprint density at radius 2 is 1.79 bits per heavy atom. The van der Waals surface area contributed by atoms with Gasteiger partial charge in [-0.15, -0.1) is 0 Å². The Labute approximate surface area is 144 Å². The molecule has 2 saturated heterocycles. The fourth-order valence-corrected chi connectivity index (χ4v) is 5.07. The molecule has 3 fully saturated rings. The number of ether oxygens (including phenoxy) is 2. The van der Waals surface area contributed by atoms with Gasteiger partial charge in [0.15, 0.2) is 5.78 Å². The zero-order valence-corrected chi connectivity index (χ0v) is 15.5. The third kappa shape index (κ3) is 2.26. The monoisotopic (exact) mass is 334 g/mol. The molecule has 2 aliphatic heterocycles. The Bertz CT molecular complexity index is 613. The van der Waals surface area contributed by atoms with Crippen molar-refractivity contribution in [3.8, 4) is 0 Å². The smallest absolute Gasteiger partial charge is 0.190 e. The molecule has 134 valence electrons. The van der Waals surface area contributed by atoms with Crippen molar-refractivity contribution < 1.29 is 19.4 Å². The molecule has 2 bridgehead atoms. The molecule has 24 heavy (non-hydrogen) atoms. The molecule has 0 aromatic rings. The van der Waals surface area contributed by atoms with Gasteiger partial charge in [-0.2, -0.15) is 0 Å². The van der Waals surface area contributed by atoms with E-state index in [1.54, 1.807) is 6.08 Å². The summed E-state index contributed by atoms with van der Waals surface area (Å²) in [7, 11) is 0. The van der Waals surface area contributed by atoms with E-state index in [9.17, 15) is 9.90 Å². The second kappa shape index (κ2) is 4.93. The van der Waals surface area contributed by atoms with Crippen molar-refractivity contribution in [2.75, 3.05) is 0 Å². The van der Waals surface area contributed by atoms with Gasteiger partial charge in [-0.3, -0.25) is 4.79 Å². The van der Waals surface area contributed by atoms with Gasteiger partial charge in [-0.05, 0) is 68.4 Å². The van der Waals surface area contributed by atoms with E-state index < -0.39 is 6.10 Å². The quantitative estimate of drug-likeness (QED) is 0.692. The van der Waals surface area contributed by atoms with Gasteiger partial charge in [-0.1, -0.05) is 20.8 Å². The molecule has 0 radical (unpaired) electrons. The van der Waals surface area contributed by atoms with Crippen LogP contribution in [-0.4, -0.2) is 40.4 Å². The minimum Gasteiger partial charge on any atom is -0.389 e. The summed E-state index contributed by atoms with van der Waals surface area (Å²) >= 11 is 0. The van der Waals surface area contributed by atoms with Gasteiger partial charge in [0.25, 0.3) is 0 Å². The average Bonchev–Trinajstić information content (AvgIpc) is 3.40. The van der Waals surface area contributed by atoms with Crippen LogP contribution in [0.5, 0.6) is 0 Å². The lowest BCUT2D eigenvalue weighted by Gasteiger charge is -2.47. The number of rotatable bonds is 0. The molecule has 0 amide bonds. The van der Waals surface area contributed by atoms with E-state index in [0.29, 0.717) is 0 Å². The first-order valence-electron chi connectivity index (χ1n) is 9.40. The average molecular weight is 334 g/mol. The predicted molar refractivity (Wildman–Crippen MR) is 90.6 cm³/mol. The summed E-state index contributed by atoms with van der Waals surface area (Å²) < 4.78 is 11.9. The molecule has 4 aliphatic rings. The van der Waals surface area contributed by atoms with E-state index in [1.165, 1.54) is 0 Å². The second-order valence-corrected chi connectivity index (χ2v) is 9.26.